The molecule has 0 spiro atoms. The fourth-order valence-electron chi connectivity index (χ4n) is 1.35. The molecule has 2 nitrogen and oxygen atoms in total. The van der Waals surface area contributed by atoms with Crippen LogP contribution in [-0.4, -0.2) is 31.8 Å². The molecule has 1 N–H and O–H groups in total. The van der Waals surface area contributed by atoms with E-state index in [1.807, 2.05) is 24.3 Å². The normalized spacial score (nSPS) is 11.6. The Hall–Kier alpha value is -0.940. The highest BCUT2D eigenvalue weighted by atomic mass is 35.5. The second-order valence-corrected chi connectivity index (χ2v) is 4.11. The fourth-order valence-corrected chi connectivity index (χ4v) is 1.57. The van der Waals surface area contributed by atoms with Gasteiger partial charge in [-0.2, -0.15) is 13.2 Å². The molecule has 0 saturated carbocycles. The van der Waals surface area contributed by atoms with Crippen LogP contribution in [-0.2, 0) is 11.2 Å². The average molecular weight is 282 g/mol. The molecule has 6 heteroatoms. The van der Waals surface area contributed by atoms with Gasteiger partial charge in [-0.25, -0.2) is 0 Å². The maximum Gasteiger partial charge on any atom is 0.411 e. The van der Waals surface area contributed by atoms with Crippen LogP contribution in [0.25, 0.3) is 0 Å². The second kappa shape index (κ2) is 7.48. The zero-order valence-corrected chi connectivity index (χ0v) is 10.5. The summed E-state index contributed by atoms with van der Waals surface area (Å²) in [5.41, 5.74) is 1.98. The Morgan fingerprint density at radius 3 is 2.39 bits per heavy atom. The number of alkyl halides is 4. The lowest BCUT2D eigenvalue weighted by Crippen LogP contribution is -2.20. The molecule has 1 aromatic rings. The third-order valence-corrected chi connectivity index (χ3v) is 2.37. The number of hydrogen-bond acceptors (Lipinski definition) is 2. The Morgan fingerprint density at radius 2 is 1.83 bits per heavy atom. The van der Waals surface area contributed by atoms with Gasteiger partial charge in [-0.1, -0.05) is 12.1 Å². The molecular weight excluding hydrogens is 267 g/mol. The Kier molecular flexibility index (Phi) is 6.29. The molecule has 0 atom stereocenters. The van der Waals surface area contributed by atoms with E-state index in [0.29, 0.717) is 12.4 Å². The van der Waals surface area contributed by atoms with Gasteiger partial charge in [0.05, 0.1) is 6.61 Å². The SMILES string of the molecule is FC(F)(F)COCCNc1ccc(CCCl)cc1. The van der Waals surface area contributed by atoms with Crippen LogP contribution >= 0.6 is 11.6 Å². The van der Waals surface area contributed by atoms with Gasteiger partial charge in [0, 0.05) is 18.1 Å². The van der Waals surface area contributed by atoms with Crippen LogP contribution in [0.5, 0.6) is 0 Å². The van der Waals surface area contributed by atoms with E-state index in [1.54, 1.807) is 0 Å². The predicted molar refractivity (Wildman–Crippen MR) is 66.2 cm³/mol. The van der Waals surface area contributed by atoms with Gasteiger partial charge in [0.15, 0.2) is 0 Å². The van der Waals surface area contributed by atoms with E-state index in [0.717, 1.165) is 17.7 Å². The van der Waals surface area contributed by atoms with E-state index in [1.165, 1.54) is 0 Å². The van der Waals surface area contributed by atoms with Gasteiger partial charge >= 0.3 is 6.18 Å². The minimum atomic E-state index is -4.26. The molecule has 0 aliphatic rings. The summed E-state index contributed by atoms with van der Waals surface area (Å²) in [6.45, 7) is -0.850. The number of anilines is 1. The van der Waals surface area contributed by atoms with Crippen LogP contribution in [0.1, 0.15) is 5.56 Å². The van der Waals surface area contributed by atoms with E-state index in [4.69, 9.17) is 11.6 Å². The van der Waals surface area contributed by atoms with Crippen molar-refractivity contribution < 1.29 is 17.9 Å². The number of ether oxygens (including phenoxy) is 1. The van der Waals surface area contributed by atoms with Gasteiger partial charge in [0.1, 0.15) is 6.61 Å². The molecule has 0 unspecified atom stereocenters. The van der Waals surface area contributed by atoms with Crippen LogP contribution in [0.2, 0.25) is 0 Å². The van der Waals surface area contributed by atoms with Crippen LogP contribution in [0.3, 0.4) is 0 Å². The van der Waals surface area contributed by atoms with Gasteiger partial charge in [0.2, 0.25) is 0 Å². The van der Waals surface area contributed by atoms with Crippen LogP contribution < -0.4 is 5.32 Å². The van der Waals surface area contributed by atoms with Crippen LogP contribution in [0, 0.1) is 0 Å². The minimum Gasteiger partial charge on any atom is -0.383 e. The molecule has 0 aliphatic carbocycles. The minimum absolute atomic E-state index is 0.0168. The van der Waals surface area contributed by atoms with E-state index in [9.17, 15) is 13.2 Å². The molecule has 0 bridgehead atoms. The standard InChI is InChI=1S/C12H15ClF3NO/c13-6-5-10-1-3-11(4-2-10)17-7-8-18-9-12(14,15)16/h1-4,17H,5-9H2. The molecule has 0 radical (unpaired) electrons. The predicted octanol–water partition coefficient (Wildman–Crippen LogP) is 3.46. The van der Waals surface area contributed by atoms with Gasteiger partial charge < -0.3 is 10.1 Å². The van der Waals surface area contributed by atoms with Crippen molar-refractivity contribution >= 4 is 17.3 Å². The van der Waals surface area contributed by atoms with Gasteiger partial charge in [0.25, 0.3) is 0 Å². The Bertz CT molecular complexity index is 340. The summed E-state index contributed by atoms with van der Waals surface area (Å²) in [6.07, 6.45) is -3.46. The molecule has 0 aromatic heterocycles. The fraction of sp³-hybridized carbons (Fsp3) is 0.500. The van der Waals surface area contributed by atoms with Gasteiger partial charge in [-0.05, 0) is 24.1 Å². The smallest absolute Gasteiger partial charge is 0.383 e. The highest BCUT2D eigenvalue weighted by Crippen LogP contribution is 2.14. The van der Waals surface area contributed by atoms with E-state index in [2.05, 4.69) is 10.1 Å². The average Bonchev–Trinajstić information content (AvgIpc) is 2.30. The summed E-state index contributed by atoms with van der Waals surface area (Å²) in [5, 5.41) is 2.97. The topological polar surface area (TPSA) is 21.3 Å². The molecule has 1 rings (SSSR count). The van der Waals surface area contributed by atoms with Crippen molar-refractivity contribution in [1.29, 1.82) is 0 Å². The number of halogens is 4. The number of nitrogens with one attached hydrogen (secondary N) is 1. The first-order valence-corrected chi connectivity index (χ1v) is 6.08. The molecule has 0 saturated heterocycles. The van der Waals surface area contributed by atoms with Crippen LogP contribution in [0.15, 0.2) is 24.3 Å². The summed E-state index contributed by atoms with van der Waals surface area (Å²) in [6, 6.07) is 7.60. The summed E-state index contributed by atoms with van der Waals surface area (Å²) < 4.78 is 39.8. The quantitative estimate of drug-likeness (QED) is 0.610. The number of hydrogen-bond donors (Lipinski definition) is 1. The highest BCUT2D eigenvalue weighted by molar-refractivity contribution is 6.17. The lowest BCUT2D eigenvalue weighted by molar-refractivity contribution is -0.172. The van der Waals surface area contributed by atoms with Crippen molar-refractivity contribution in [2.75, 3.05) is 31.0 Å². The Balaban J connectivity index is 2.19. The van der Waals surface area contributed by atoms with Gasteiger partial charge in [-0.15, -0.1) is 11.6 Å². The van der Waals surface area contributed by atoms with Crippen molar-refractivity contribution in [3.05, 3.63) is 29.8 Å². The largest absolute Gasteiger partial charge is 0.411 e. The monoisotopic (exact) mass is 281 g/mol. The number of benzene rings is 1. The van der Waals surface area contributed by atoms with E-state index >= 15 is 0 Å². The molecule has 0 heterocycles. The third kappa shape index (κ3) is 6.71. The lowest BCUT2D eigenvalue weighted by Gasteiger charge is -2.09. The Labute approximate surface area is 109 Å². The van der Waals surface area contributed by atoms with Crippen molar-refractivity contribution in [3.8, 4) is 0 Å². The molecule has 0 fully saturated rings. The van der Waals surface area contributed by atoms with Crippen molar-refractivity contribution in [1.82, 2.24) is 0 Å². The zero-order chi connectivity index (χ0) is 13.4. The third-order valence-electron chi connectivity index (χ3n) is 2.18. The Morgan fingerprint density at radius 1 is 1.17 bits per heavy atom. The summed E-state index contributed by atoms with van der Waals surface area (Å²) in [7, 11) is 0. The molecule has 0 aliphatic heterocycles. The molecular formula is C12H15ClF3NO. The highest BCUT2D eigenvalue weighted by Gasteiger charge is 2.27. The van der Waals surface area contributed by atoms with Crippen LogP contribution in [0.4, 0.5) is 18.9 Å². The number of rotatable bonds is 7. The van der Waals surface area contributed by atoms with Crippen molar-refractivity contribution in [3.63, 3.8) is 0 Å². The van der Waals surface area contributed by atoms with E-state index < -0.39 is 12.8 Å². The molecule has 1 aromatic carbocycles. The second-order valence-electron chi connectivity index (χ2n) is 3.73. The summed E-state index contributed by atoms with van der Waals surface area (Å²) in [5.74, 6) is 0.568. The molecule has 18 heavy (non-hydrogen) atoms. The van der Waals surface area contributed by atoms with Crippen molar-refractivity contribution in [2.45, 2.75) is 12.6 Å². The maximum atomic E-state index is 11.8. The number of aryl methyl sites for hydroxylation is 1. The summed E-state index contributed by atoms with van der Waals surface area (Å²) in [4.78, 5) is 0. The summed E-state index contributed by atoms with van der Waals surface area (Å²) >= 11 is 5.61. The first-order valence-electron chi connectivity index (χ1n) is 5.54. The first kappa shape index (κ1) is 15.1. The zero-order valence-electron chi connectivity index (χ0n) is 9.77. The maximum absolute atomic E-state index is 11.8. The lowest BCUT2D eigenvalue weighted by atomic mass is 10.1. The van der Waals surface area contributed by atoms with Gasteiger partial charge in [-0.3, -0.25) is 0 Å². The molecule has 0 amide bonds. The van der Waals surface area contributed by atoms with Crippen molar-refractivity contribution in [2.24, 2.45) is 0 Å². The molecule has 102 valence electrons. The first-order chi connectivity index (χ1) is 8.51. The van der Waals surface area contributed by atoms with E-state index in [-0.39, 0.29) is 6.61 Å².